The average molecular weight is 748 g/mol. The number of hydrogen-bond donors (Lipinski definition) is 4. The van der Waals surface area contributed by atoms with Gasteiger partial charge in [0.15, 0.2) is 0 Å². The Balaban J connectivity index is 1.56. The van der Waals surface area contributed by atoms with Crippen molar-refractivity contribution in [3.8, 4) is 0 Å². The van der Waals surface area contributed by atoms with Gasteiger partial charge in [0.25, 0.3) is 0 Å². The normalized spacial score (nSPS) is 20.6. The Labute approximate surface area is 318 Å². The van der Waals surface area contributed by atoms with Crippen LogP contribution in [0, 0.1) is 11.8 Å². The zero-order valence-electron chi connectivity index (χ0n) is 32.6. The van der Waals surface area contributed by atoms with Gasteiger partial charge in [-0.3, -0.25) is 24.0 Å². The van der Waals surface area contributed by atoms with Crippen LogP contribution < -0.4 is 21.3 Å². The lowest BCUT2D eigenvalue weighted by Crippen LogP contribution is -2.58. The minimum absolute atomic E-state index is 0.0237. The monoisotopic (exact) mass is 747 g/mol. The lowest BCUT2D eigenvalue weighted by molar-refractivity contribution is -0.157. The van der Waals surface area contributed by atoms with Crippen LogP contribution in [0.4, 0.5) is 4.79 Å². The Bertz CT molecular complexity index is 1580. The Morgan fingerprint density at radius 3 is 1.93 bits per heavy atom. The smallest absolute Gasteiger partial charge is 0.408 e. The van der Waals surface area contributed by atoms with Gasteiger partial charge < -0.3 is 35.6 Å². The van der Waals surface area contributed by atoms with E-state index in [-0.39, 0.29) is 31.5 Å². The molecule has 0 aromatic heterocycles. The molecule has 0 saturated carbocycles. The predicted octanol–water partition coefficient (Wildman–Crippen LogP) is 4.55. The quantitative estimate of drug-likeness (QED) is 0.216. The third kappa shape index (κ3) is 12.0. The first kappa shape index (κ1) is 41.8. The number of fused-ring (bicyclic) bond motifs is 1. The summed E-state index contributed by atoms with van der Waals surface area (Å²) in [6.45, 7) is 11.8. The van der Waals surface area contributed by atoms with Crippen LogP contribution in [-0.2, 0) is 33.4 Å². The summed E-state index contributed by atoms with van der Waals surface area (Å²) in [6.07, 6.45) is 1.47. The zero-order valence-corrected chi connectivity index (χ0v) is 32.6. The highest BCUT2D eigenvalue weighted by atomic mass is 16.6. The van der Waals surface area contributed by atoms with E-state index in [0.717, 1.165) is 11.1 Å². The first-order valence-corrected chi connectivity index (χ1v) is 18.9. The summed E-state index contributed by atoms with van der Waals surface area (Å²) in [4.78, 5) is 82.0. The molecule has 2 aromatic rings. The van der Waals surface area contributed by atoms with Crippen LogP contribution in [0.1, 0.15) is 104 Å². The van der Waals surface area contributed by atoms with Gasteiger partial charge in [-0.15, -0.1) is 0 Å². The van der Waals surface area contributed by atoms with Crippen molar-refractivity contribution in [2.75, 3.05) is 13.1 Å². The van der Waals surface area contributed by atoms with E-state index in [1.54, 1.807) is 53.4 Å². The number of carbonyl (C=O) groups is 6. The van der Waals surface area contributed by atoms with E-state index in [2.05, 4.69) is 21.3 Å². The number of nitrogens with zero attached hydrogens (tertiary/aromatic N) is 1. The number of esters is 1. The van der Waals surface area contributed by atoms with E-state index in [0.29, 0.717) is 32.1 Å². The summed E-state index contributed by atoms with van der Waals surface area (Å²) >= 11 is 0. The fraction of sp³-hybridized carbons (Fsp3) is 0.561. The molecular weight excluding hydrogens is 690 g/mol. The second kappa shape index (κ2) is 18.4. The summed E-state index contributed by atoms with van der Waals surface area (Å²) in [5.74, 6) is -3.54. The summed E-state index contributed by atoms with van der Waals surface area (Å²) in [5, 5.41) is 11.4. The molecule has 2 aliphatic rings. The molecule has 0 unspecified atom stereocenters. The maximum atomic E-state index is 14.7. The highest BCUT2D eigenvalue weighted by molar-refractivity contribution is 5.94. The molecular formula is C41H57N5O8. The van der Waals surface area contributed by atoms with E-state index >= 15 is 0 Å². The number of hydrogen-bond acceptors (Lipinski definition) is 8. The van der Waals surface area contributed by atoms with E-state index in [9.17, 15) is 28.8 Å². The number of nitrogens with one attached hydrogen (secondary N) is 4. The van der Waals surface area contributed by atoms with E-state index in [1.807, 2.05) is 60.7 Å². The first-order chi connectivity index (χ1) is 25.5. The van der Waals surface area contributed by atoms with Crippen LogP contribution in [0.5, 0.6) is 0 Å². The van der Waals surface area contributed by atoms with Gasteiger partial charge in [-0.1, -0.05) is 67.6 Å². The summed E-state index contributed by atoms with van der Waals surface area (Å²) in [5.41, 5.74) is 0.321. The van der Waals surface area contributed by atoms with Crippen molar-refractivity contribution in [2.24, 2.45) is 11.8 Å². The largest absolute Gasteiger partial charge is 0.460 e. The summed E-state index contributed by atoms with van der Waals surface area (Å²) in [7, 11) is 0. The van der Waals surface area contributed by atoms with Crippen LogP contribution in [0.15, 0.2) is 60.7 Å². The molecule has 0 bridgehead atoms. The van der Waals surface area contributed by atoms with Crippen molar-refractivity contribution in [1.82, 2.24) is 26.2 Å². The van der Waals surface area contributed by atoms with E-state index in [1.165, 1.54) is 0 Å². The molecule has 2 heterocycles. The van der Waals surface area contributed by atoms with Gasteiger partial charge in [-0.05, 0) is 84.8 Å². The SMILES string of the molecule is CC[C@H](CC(=O)OC(C)(C)C)C(=O)N[C@@H]1C(=O)N2[C@@H](CC[C@@H]1CNC(=O)CNC(=O)OC(C)(C)C)CC[C@H]2C(=O)NC(c1ccccc1)c1ccccc1. The Morgan fingerprint density at radius 2 is 1.37 bits per heavy atom. The second-order valence-electron chi connectivity index (χ2n) is 16.1. The highest BCUT2D eigenvalue weighted by Gasteiger charge is 2.48. The van der Waals surface area contributed by atoms with Gasteiger partial charge in [0, 0.05) is 24.4 Å². The van der Waals surface area contributed by atoms with Crippen molar-refractivity contribution >= 4 is 35.7 Å². The third-order valence-electron chi connectivity index (χ3n) is 9.57. The number of ether oxygens (including phenoxy) is 2. The van der Waals surface area contributed by atoms with Crippen molar-refractivity contribution in [3.05, 3.63) is 71.8 Å². The maximum Gasteiger partial charge on any atom is 0.408 e. The number of carbonyl (C=O) groups excluding carboxylic acids is 6. The second-order valence-corrected chi connectivity index (χ2v) is 16.1. The zero-order chi connectivity index (χ0) is 39.6. The predicted molar refractivity (Wildman–Crippen MR) is 203 cm³/mol. The topological polar surface area (TPSA) is 172 Å². The van der Waals surface area contributed by atoms with Crippen LogP contribution in [0.3, 0.4) is 0 Å². The molecule has 2 aromatic carbocycles. The minimum atomic E-state index is -1.10. The standard InChI is InChI=1S/C41H57N5O8/c1-8-26(23-33(48)53-40(2,3)4)36(49)45-35-29(24-42-32(47)25-43-39(52)54-41(5,6)7)19-20-30-21-22-31(46(30)38(35)51)37(50)44-34(27-15-11-9-12-16-27)28-17-13-10-14-18-28/h9-18,26,29-31,34-35H,8,19-25H2,1-7H3,(H,42,47)(H,43,52)(H,44,50)(H,45,49)/t26-,29-,30+,31+,35+/m1/s1. The Morgan fingerprint density at radius 1 is 0.796 bits per heavy atom. The molecule has 294 valence electrons. The van der Waals surface area contributed by atoms with Crippen molar-refractivity contribution in [1.29, 1.82) is 0 Å². The number of amides is 5. The summed E-state index contributed by atoms with van der Waals surface area (Å²) in [6, 6.07) is 16.7. The van der Waals surface area contributed by atoms with E-state index < -0.39 is 70.9 Å². The van der Waals surface area contributed by atoms with Crippen LogP contribution in [0.25, 0.3) is 0 Å². The molecule has 4 N–H and O–H groups in total. The first-order valence-electron chi connectivity index (χ1n) is 18.9. The number of rotatable bonds is 13. The molecule has 0 aliphatic carbocycles. The van der Waals surface area contributed by atoms with Crippen LogP contribution >= 0.6 is 0 Å². The average Bonchev–Trinajstić information content (AvgIpc) is 3.49. The third-order valence-corrected chi connectivity index (χ3v) is 9.57. The highest BCUT2D eigenvalue weighted by Crippen LogP contribution is 2.35. The molecule has 2 saturated heterocycles. The Hall–Kier alpha value is -4.94. The van der Waals surface area contributed by atoms with Gasteiger partial charge in [-0.25, -0.2) is 4.79 Å². The lowest BCUT2D eigenvalue weighted by atomic mass is 9.92. The number of alkyl carbamates (subject to hydrolysis) is 1. The molecule has 4 rings (SSSR count). The fourth-order valence-electron chi connectivity index (χ4n) is 7.03. The van der Waals surface area contributed by atoms with Crippen LogP contribution in [0.2, 0.25) is 0 Å². The molecule has 2 aliphatic heterocycles. The van der Waals surface area contributed by atoms with Crippen molar-refractivity contribution < 1.29 is 38.2 Å². The van der Waals surface area contributed by atoms with Gasteiger partial charge in [0.05, 0.1) is 19.0 Å². The Kier molecular flexibility index (Phi) is 14.2. The molecule has 54 heavy (non-hydrogen) atoms. The fourth-order valence-corrected chi connectivity index (χ4v) is 7.03. The van der Waals surface area contributed by atoms with Crippen molar-refractivity contribution in [2.45, 2.75) is 122 Å². The molecule has 13 nitrogen and oxygen atoms in total. The molecule has 5 amide bonds. The molecule has 2 fully saturated rings. The van der Waals surface area contributed by atoms with Crippen molar-refractivity contribution in [3.63, 3.8) is 0 Å². The van der Waals surface area contributed by atoms with Gasteiger partial charge in [0.1, 0.15) is 23.3 Å². The lowest BCUT2D eigenvalue weighted by Gasteiger charge is -2.33. The molecule has 0 radical (unpaired) electrons. The van der Waals surface area contributed by atoms with Gasteiger partial charge >= 0.3 is 12.1 Å². The minimum Gasteiger partial charge on any atom is -0.460 e. The maximum absolute atomic E-state index is 14.7. The van der Waals surface area contributed by atoms with Gasteiger partial charge in [-0.2, -0.15) is 0 Å². The van der Waals surface area contributed by atoms with Gasteiger partial charge in [0.2, 0.25) is 23.6 Å². The van der Waals surface area contributed by atoms with E-state index in [4.69, 9.17) is 9.47 Å². The number of benzene rings is 2. The molecule has 5 atom stereocenters. The van der Waals surface area contributed by atoms with Crippen LogP contribution in [-0.4, -0.2) is 83.0 Å². The summed E-state index contributed by atoms with van der Waals surface area (Å²) < 4.78 is 10.7. The molecule has 13 heteroatoms. The molecule has 0 spiro atoms.